The molecule has 1 fully saturated rings. The zero-order valence-corrected chi connectivity index (χ0v) is 12.9. The number of nitrogens with one attached hydrogen (secondary N) is 1. The quantitative estimate of drug-likeness (QED) is 0.920. The molecule has 0 aromatic carbocycles. The number of hydrogen-bond donors (Lipinski definition) is 1. The summed E-state index contributed by atoms with van der Waals surface area (Å²) < 4.78 is 14.3. The molecule has 21 heavy (non-hydrogen) atoms. The van der Waals surface area contributed by atoms with E-state index in [1.54, 1.807) is 4.90 Å². The van der Waals surface area contributed by atoms with Gasteiger partial charge in [0.05, 0.1) is 5.56 Å². The number of carbonyl (C=O) groups excluding carboxylic acids is 1. The standard InChI is InChI=1S/C15H23FN4O/c1-4-17-14-13(16)12(5-8-18-14)15(21)20-9-6-11(7-10-20)19(2)3/h5,8,11H,4,6-7,9-10H2,1-3H3,(H,17,18). The molecule has 0 bridgehead atoms. The van der Waals surface area contributed by atoms with E-state index in [0.717, 1.165) is 12.8 Å². The van der Waals surface area contributed by atoms with Crippen LogP contribution < -0.4 is 5.32 Å². The zero-order chi connectivity index (χ0) is 15.4. The molecule has 1 amide bonds. The molecule has 5 nitrogen and oxygen atoms in total. The molecular formula is C15H23FN4O. The van der Waals surface area contributed by atoms with Crippen LogP contribution in [-0.2, 0) is 0 Å². The van der Waals surface area contributed by atoms with Gasteiger partial charge in [0.1, 0.15) is 0 Å². The van der Waals surface area contributed by atoms with E-state index >= 15 is 0 Å². The van der Waals surface area contributed by atoms with Crippen LogP contribution in [0.4, 0.5) is 10.2 Å². The lowest BCUT2D eigenvalue weighted by molar-refractivity contribution is 0.0658. The van der Waals surface area contributed by atoms with E-state index in [4.69, 9.17) is 0 Å². The molecule has 1 aliphatic heterocycles. The summed E-state index contributed by atoms with van der Waals surface area (Å²) in [6, 6.07) is 1.95. The van der Waals surface area contributed by atoms with Gasteiger partial charge < -0.3 is 15.1 Å². The molecule has 0 radical (unpaired) electrons. The molecule has 0 spiro atoms. The Labute approximate surface area is 125 Å². The Balaban J connectivity index is 2.09. The largest absolute Gasteiger partial charge is 0.368 e. The molecule has 1 aliphatic rings. The number of pyridine rings is 1. The maximum absolute atomic E-state index is 14.3. The third-order valence-corrected chi connectivity index (χ3v) is 3.95. The normalized spacial score (nSPS) is 16.3. The monoisotopic (exact) mass is 294 g/mol. The van der Waals surface area contributed by atoms with E-state index in [1.807, 2.05) is 21.0 Å². The minimum Gasteiger partial charge on any atom is -0.368 e. The lowest BCUT2D eigenvalue weighted by atomic mass is 10.0. The number of aromatic nitrogens is 1. The Hall–Kier alpha value is -1.69. The van der Waals surface area contributed by atoms with Crippen molar-refractivity contribution < 1.29 is 9.18 Å². The van der Waals surface area contributed by atoms with Crippen LogP contribution in [0.3, 0.4) is 0 Å². The van der Waals surface area contributed by atoms with Crippen LogP contribution >= 0.6 is 0 Å². The lowest BCUT2D eigenvalue weighted by Crippen LogP contribution is -2.44. The van der Waals surface area contributed by atoms with Crippen molar-refractivity contribution in [2.45, 2.75) is 25.8 Å². The van der Waals surface area contributed by atoms with Gasteiger partial charge in [0.25, 0.3) is 5.91 Å². The van der Waals surface area contributed by atoms with Crippen molar-refractivity contribution >= 4 is 11.7 Å². The summed E-state index contributed by atoms with van der Waals surface area (Å²) in [4.78, 5) is 20.3. The van der Waals surface area contributed by atoms with Gasteiger partial charge in [-0.2, -0.15) is 0 Å². The third-order valence-electron chi connectivity index (χ3n) is 3.95. The van der Waals surface area contributed by atoms with Crippen molar-refractivity contribution in [1.82, 2.24) is 14.8 Å². The molecule has 0 aliphatic carbocycles. The third kappa shape index (κ3) is 3.50. The SMILES string of the molecule is CCNc1nccc(C(=O)N2CCC(N(C)C)CC2)c1F. The number of rotatable bonds is 4. The Kier molecular flexibility index (Phi) is 5.12. The highest BCUT2D eigenvalue weighted by atomic mass is 19.1. The number of nitrogens with zero attached hydrogens (tertiary/aromatic N) is 3. The molecule has 6 heteroatoms. The summed E-state index contributed by atoms with van der Waals surface area (Å²) in [5.41, 5.74) is 0.101. The van der Waals surface area contributed by atoms with Crippen LogP contribution in [0.2, 0.25) is 0 Å². The van der Waals surface area contributed by atoms with Gasteiger partial charge in [-0.1, -0.05) is 0 Å². The van der Waals surface area contributed by atoms with Gasteiger partial charge in [-0.05, 0) is 39.9 Å². The second-order valence-electron chi connectivity index (χ2n) is 5.54. The number of hydrogen-bond acceptors (Lipinski definition) is 4. The highest BCUT2D eigenvalue weighted by Crippen LogP contribution is 2.20. The van der Waals surface area contributed by atoms with Gasteiger partial charge in [-0.3, -0.25) is 4.79 Å². The summed E-state index contributed by atoms with van der Waals surface area (Å²) in [7, 11) is 4.10. The second kappa shape index (κ2) is 6.85. The van der Waals surface area contributed by atoms with Gasteiger partial charge in [0, 0.05) is 31.9 Å². The number of piperidine rings is 1. The first-order valence-corrected chi connectivity index (χ1v) is 7.38. The van der Waals surface area contributed by atoms with Crippen LogP contribution in [0, 0.1) is 5.82 Å². The topological polar surface area (TPSA) is 48.5 Å². The second-order valence-corrected chi connectivity index (χ2v) is 5.54. The summed E-state index contributed by atoms with van der Waals surface area (Å²) in [6.07, 6.45) is 3.32. The fraction of sp³-hybridized carbons (Fsp3) is 0.600. The van der Waals surface area contributed by atoms with Gasteiger partial charge in [0.15, 0.2) is 11.6 Å². The van der Waals surface area contributed by atoms with Crippen molar-refractivity contribution in [2.75, 3.05) is 39.0 Å². The zero-order valence-electron chi connectivity index (χ0n) is 12.9. The fourth-order valence-corrected chi connectivity index (χ4v) is 2.66. The maximum Gasteiger partial charge on any atom is 0.257 e. The molecule has 116 valence electrons. The molecular weight excluding hydrogens is 271 g/mol. The van der Waals surface area contributed by atoms with Crippen LogP contribution in [0.25, 0.3) is 0 Å². The number of amides is 1. The first-order valence-electron chi connectivity index (χ1n) is 7.38. The highest BCUT2D eigenvalue weighted by Gasteiger charge is 2.26. The van der Waals surface area contributed by atoms with Crippen molar-refractivity contribution in [2.24, 2.45) is 0 Å². The van der Waals surface area contributed by atoms with Crippen LogP contribution in [0.15, 0.2) is 12.3 Å². The molecule has 1 N–H and O–H groups in total. The van der Waals surface area contributed by atoms with Crippen LogP contribution in [0.5, 0.6) is 0 Å². The van der Waals surface area contributed by atoms with Crippen molar-refractivity contribution in [3.05, 3.63) is 23.6 Å². The Bertz CT molecular complexity index is 498. The Morgan fingerprint density at radius 3 is 2.71 bits per heavy atom. The number of likely N-dealkylation sites (tertiary alicyclic amines) is 1. The van der Waals surface area contributed by atoms with Gasteiger partial charge in [-0.25, -0.2) is 9.37 Å². The maximum atomic E-state index is 14.3. The van der Waals surface area contributed by atoms with E-state index in [2.05, 4.69) is 15.2 Å². The minimum atomic E-state index is -0.556. The fourth-order valence-electron chi connectivity index (χ4n) is 2.66. The molecule has 0 unspecified atom stereocenters. The smallest absolute Gasteiger partial charge is 0.257 e. The lowest BCUT2D eigenvalue weighted by Gasteiger charge is -2.35. The summed E-state index contributed by atoms with van der Waals surface area (Å²) >= 11 is 0. The Morgan fingerprint density at radius 1 is 1.48 bits per heavy atom. The van der Waals surface area contributed by atoms with E-state index in [-0.39, 0.29) is 17.3 Å². The van der Waals surface area contributed by atoms with E-state index in [1.165, 1.54) is 12.3 Å². The molecule has 0 saturated carbocycles. The highest BCUT2D eigenvalue weighted by molar-refractivity contribution is 5.95. The first-order chi connectivity index (χ1) is 10.0. The van der Waals surface area contributed by atoms with Crippen molar-refractivity contribution in [3.63, 3.8) is 0 Å². The molecule has 0 atom stereocenters. The number of anilines is 1. The molecule has 1 aromatic heterocycles. The summed E-state index contributed by atoms with van der Waals surface area (Å²) in [5.74, 6) is -0.656. The molecule has 1 aromatic rings. The van der Waals surface area contributed by atoms with Crippen LogP contribution in [-0.4, -0.2) is 60.5 Å². The van der Waals surface area contributed by atoms with Crippen molar-refractivity contribution in [1.29, 1.82) is 0 Å². The number of carbonyl (C=O) groups is 1. The minimum absolute atomic E-state index is 0.101. The number of halogens is 1. The van der Waals surface area contributed by atoms with Crippen molar-refractivity contribution in [3.8, 4) is 0 Å². The summed E-state index contributed by atoms with van der Waals surface area (Å²) in [6.45, 7) is 3.76. The Morgan fingerprint density at radius 2 is 2.14 bits per heavy atom. The molecule has 2 heterocycles. The van der Waals surface area contributed by atoms with E-state index in [9.17, 15) is 9.18 Å². The average Bonchev–Trinajstić information content (AvgIpc) is 2.49. The van der Waals surface area contributed by atoms with Gasteiger partial charge in [-0.15, -0.1) is 0 Å². The van der Waals surface area contributed by atoms with Gasteiger partial charge in [0.2, 0.25) is 0 Å². The predicted molar refractivity (Wildman–Crippen MR) is 81.0 cm³/mol. The summed E-state index contributed by atoms with van der Waals surface area (Å²) in [5, 5.41) is 2.83. The molecule has 2 rings (SSSR count). The van der Waals surface area contributed by atoms with Gasteiger partial charge >= 0.3 is 0 Å². The average molecular weight is 294 g/mol. The van der Waals surface area contributed by atoms with E-state index < -0.39 is 5.82 Å². The predicted octanol–water partition coefficient (Wildman–Crippen LogP) is 1.82. The van der Waals surface area contributed by atoms with E-state index in [0.29, 0.717) is 25.7 Å². The first kappa shape index (κ1) is 15.7. The molecule has 1 saturated heterocycles. The van der Waals surface area contributed by atoms with Crippen LogP contribution in [0.1, 0.15) is 30.1 Å².